The van der Waals surface area contributed by atoms with Crippen molar-refractivity contribution in [3.8, 4) is 5.75 Å². The minimum Gasteiger partial charge on any atom is -0.497 e. The molecular weight excluding hydrogens is 320 g/mol. The van der Waals surface area contributed by atoms with E-state index in [0.29, 0.717) is 16.9 Å². The van der Waals surface area contributed by atoms with E-state index < -0.39 is 17.7 Å². The number of hydrogen-bond acceptors (Lipinski definition) is 5. The van der Waals surface area contributed by atoms with Gasteiger partial charge in [-0.05, 0) is 24.6 Å². The Morgan fingerprint density at radius 3 is 2.16 bits per heavy atom. The van der Waals surface area contributed by atoms with Crippen molar-refractivity contribution >= 4 is 17.5 Å². The fraction of sp³-hybridized carbons (Fsp3) is 0.250. The number of ether oxygens (including phenoxy) is 2. The van der Waals surface area contributed by atoms with Crippen LogP contribution in [0.3, 0.4) is 0 Å². The molecule has 2 rings (SSSR count). The first-order chi connectivity index (χ1) is 12.1. The largest absolute Gasteiger partial charge is 0.497 e. The molecule has 0 saturated heterocycles. The molecule has 2 aromatic carbocycles. The van der Waals surface area contributed by atoms with E-state index in [1.54, 1.807) is 55.5 Å². The van der Waals surface area contributed by atoms with E-state index in [-0.39, 0.29) is 18.8 Å². The van der Waals surface area contributed by atoms with Crippen molar-refractivity contribution in [2.45, 2.75) is 19.3 Å². The summed E-state index contributed by atoms with van der Waals surface area (Å²) in [5.41, 5.74) is 1.07. The maximum absolute atomic E-state index is 12.5. The number of benzene rings is 2. The first kappa shape index (κ1) is 18.4. The van der Waals surface area contributed by atoms with Gasteiger partial charge in [0.25, 0.3) is 0 Å². The number of esters is 1. The monoisotopic (exact) mass is 340 g/mol. The molecule has 0 heterocycles. The molecule has 0 bridgehead atoms. The van der Waals surface area contributed by atoms with Crippen LogP contribution >= 0.6 is 0 Å². The van der Waals surface area contributed by atoms with Crippen molar-refractivity contribution in [3.05, 3.63) is 65.7 Å². The van der Waals surface area contributed by atoms with Crippen LogP contribution in [0, 0.1) is 0 Å². The van der Waals surface area contributed by atoms with Gasteiger partial charge in [0.15, 0.2) is 5.78 Å². The summed E-state index contributed by atoms with van der Waals surface area (Å²) >= 11 is 0. The number of rotatable bonds is 8. The molecule has 25 heavy (non-hydrogen) atoms. The van der Waals surface area contributed by atoms with Crippen LogP contribution in [-0.2, 0) is 14.3 Å². The van der Waals surface area contributed by atoms with Crippen molar-refractivity contribution < 1.29 is 23.9 Å². The Morgan fingerprint density at radius 2 is 1.60 bits per heavy atom. The van der Waals surface area contributed by atoms with Gasteiger partial charge in [-0.3, -0.25) is 9.59 Å². The lowest BCUT2D eigenvalue weighted by atomic mass is 9.88. The second-order valence-electron chi connectivity index (χ2n) is 5.40. The summed E-state index contributed by atoms with van der Waals surface area (Å²) < 4.78 is 9.92. The second kappa shape index (κ2) is 8.78. The van der Waals surface area contributed by atoms with Crippen LogP contribution in [0.15, 0.2) is 54.6 Å². The highest BCUT2D eigenvalue weighted by Gasteiger charge is 2.30. The van der Waals surface area contributed by atoms with Crippen LogP contribution in [0.1, 0.15) is 35.2 Å². The van der Waals surface area contributed by atoms with Gasteiger partial charge in [0.2, 0.25) is 5.78 Å². The van der Waals surface area contributed by atoms with E-state index in [9.17, 15) is 14.4 Å². The highest BCUT2D eigenvalue weighted by atomic mass is 16.5. The van der Waals surface area contributed by atoms with Crippen LogP contribution in [0.25, 0.3) is 0 Å². The number of carbonyl (C=O) groups is 3. The fourth-order valence-electron chi connectivity index (χ4n) is 2.47. The zero-order valence-corrected chi connectivity index (χ0v) is 14.2. The summed E-state index contributed by atoms with van der Waals surface area (Å²) in [6.07, 6.45) is -0.103. The van der Waals surface area contributed by atoms with E-state index >= 15 is 0 Å². The van der Waals surface area contributed by atoms with Crippen molar-refractivity contribution in [2.75, 3.05) is 13.7 Å². The zero-order valence-electron chi connectivity index (χ0n) is 14.2. The van der Waals surface area contributed by atoms with Crippen LogP contribution in [-0.4, -0.2) is 31.3 Å². The number of Topliss-reactive ketones (excluding diaryl/α,β-unsaturated/α-hetero) is 2. The Morgan fingerprint density at radius 1 is 0.960 bits per heavy atom. The Hall–Kier alpha value is -2.95. The molecule has 0 aliphatic carbocycles. The second-order valence-corrected chi connectivity index (χ2v) is 5.40. The third-order valence-corrected chi connectivity index (χ3v) is 3.80. The minimum absolute atomic E-state index is 0.103. The van der Waals surface area contributed by atoms with Crippen molar-refractivity contribution in [1.82, 2.24) is 0 Å². The molecule has 0 saturated carbocycles. The average Bonchev–Trinajstić information content (AvgIpc) is 2.66. The van der Waals surface area contributed by atoms with E-state index in [4.69, 9.17) is 9.47 Å². The molecule has 0 fully saturated rings. The smallest absolute Gasteiger partial charge is 0.375 e. The molecule has 1 atom stereocenters. The molecule has 0 amide bonds. The molecule has 5 nitrogen and oxygen atoms in total. The molecule has 0 unspecified atom stereocenters. The summed E-state index contributed by atoms with van der Waals surface area (Å²) in [7, 11) is 1.54. The van der Waals surface area contributed by atoms with Gasteiger partial charge in [-0.15, -0.1) is 0 Å². The molecule has 2 aromatic rings. The van der Waals surface area contributed by atoms with Gasteiger partial charge in [-0.25, -0.2) is 4.79 Å². The van der Waals surface area contributed by atoms with Gasteiger partial charge in [0.05, 0.1) is 19.6 Å². The van der Waals surface area contributed by atoms with Crippen LogP contribution in [0.5, 0.6) is 5.75 Å². The number of methoxy groups -OCH3 is 1. The van der Waals surface area contributed by atoms with Gasteiger partial charge in [-0.2, -0.15) is 0 Å². The summed E-state index contributed by atoms with van der Waals surface area (Å²) in [6.45, 7) is 1.73. The van der Waals surface area contributed by atoms with E-state index in [1.807, 2.05) is 6.07 Å². The molecule has 0 aromatic heterocycles. The summed E-state index contributed by atoms with van der Waals surface area (Å²) in [4.78, 5) is 36.9. The lowest BCUT2D eigenvalue weighted by Crippen LogP contribution is -2.26. The highest BCUT2D eigenvalue weighted by Crippen LogP contribution is 2.25. The third-order valence-electron chi connectivity index (χ3n) is 3.80. The van der Waals surface area contributed by atoms with Crippen molar-refractivity contribution in [2.24, 2.45) is 0 Å². The summed E-state index contributed by atoms with van der Waals surface area (Å²) in [6, 6.07) is 15.4. The van der Waals surface area contributed by atoms with Gasteiger partial charge in [0.1, 0.15) is 5.75 Å². The molecule has 0 aliphatic heterocycles. The first-order valence-corrected chi connectivity index (χ1v) is 8.00. The van der Waals surface area contributed by atoms with Gasteiger partial charge in [0, 0.05) is 12.0 Å². The zero-order chi connectivity index (χ0) is 18.2. The SMILES string of the molecule is CCOC(=O)C(=O)[C@@H](CC(=O)c1ccccc1)c1ccc(OC)cc1. The topological polar surface area (TPSA) is 69.7 Å². The lowest BCUT2D eigenvalue weighted by molar-refractivity contribution is -0.154. The predicted octanol–water partition coefficient (Wildman–Crippen LogP) is 3.18. The lowest BCUT2D eigenvalue weighted by Gasteiger charge is -2.15. The van der Waals surface area contributed by atoms with Crippen LogP contribution < -0.4 is 4.74 Å². The predicted molar refractivity (Wildman–Crippen MR) is 92.8 cm³/mol. The fourth-order valence-corrected chi connectivity index (χ4v) is 2.47. The van der Waals surface area contributed by atoms with Crippen LogP contribution in [0.4, 0.5) is 0 Å². The Bertz CT molecular complexity index is 734. The van der Waals surface area contributed by atoms with Crippen LogP contribution in [0.2, 0.25) is 0 Å². The number of ketones is 2. The molecule has 0 aliphatic rings. The third kappa shape index (κ3) is 4.76. The maximum Gasteiger partial charge on any atom is 0.375 e. The van der Waals surface area contributed by atoms with Gasteiger partial charge >= 0.3 is 5.97 Å². The van der Waals surface area contributed by atoms with E-state index in [2.05, 4.69) is 0 Å². The number of carbonyl (C=O) groups excluding carboxylic acids is 3. The molecule has 0 N–H and O–H groups in total. The minimum atomic E-state index is -0.927. The Labute approximate surface area is 146 Å². The molecule has 5 heteroatoms. The molecular formula is C20H20O5. The summed E-state index contributed by atoms with van der Waals surface area (Å²) in [5, 5.41) is 0. The van der Waals surface area contributed by atoms with Crippen molar-refractivity contribution in [1.29, 1.82) is 0 Å². The van der Waals surface area contributed by atoms with Gasteiger partial charge < -0.3 is 9.47 Å². The van der Waals surface area contributed by atoms with E-state index in [1.165, 1.54) is 7.11 Å². The quantitative estimate of drug-likeness (QED) is 0.419. The molecule has 0 spiro atoms. The number of hydrogen-bond donors (Lipinski definition) is 0. The average molecular weight is 340 g/mol. The maximum atomic E-state index is 12.5. The standard InChI is InChI=1S/C20H20O5/c1-3-25-20(23)19(22)17(14-9-11-16(24-2)12-10-14)13-18(21)15-7-5-4-6-8-15/h4-12,17H,3,13H2,1-2H3/t17-/m0/s1. The normalized spacial score (nSPS) is 11.4. The van der Waals surface area contributed by atoms with Gasteiger partial charge in [-0.1, -0.05) is 42.5 Å². The highest BCUT2D eigenvalue weighted by molar-refractivity contribution is 6.36. The Balaban J connectivity index is 2.29. The van der Waals surface area contributed by atoms with E-state index in [0.717, 1.165) is 0 Å². The first-order valence-electron chi connectivity index (χ1n) is 8.00. The Kier molecular flexibility index (Phi) is 6.46. The molecule has 0 radical (unpaired) electrons. The van der Waals surface area contributed by atoms with Crippen molar-refractivity contribution in [3.63, 3.8) is 0 Å². The summed E-state index contributed by atoms with van der Waals surface area (Å²) in [5.74, 6) is -2.13. The molecule has 130 valence electrons.